The van der Waals surface area contributed by atoms with Crippen molar-refractivity contribution in [2.45, 2.75) is 37.8 Å². The van der Waals surface area contributed by atoms with Crippen LogP contribution in [0.4, 0.5) is 4.39 Å². The van der Waals surface area contributed by atoms with E-state index in [1.807, 2.05) is 0 Å². The van der Waals surface area contributed by atoms with Gasteiger partial charge in [-0.3, -0.25) is 4.68 Å². The second-order valence-corrected chi connectivity index (χ2v) is 11.1. The van der Waals surface area contributed by atoms with E-state index in [1.54, 1.807) is 18.5 Å². The second-order valence-electron chi connectivity index (χ2n) is 6.84. The van der Waals surface area contributed by atoms with Crippen molar-refractivity contribution in [3.05, 3.63) is 47.0 Å². The number of hydrogen-bond donors (Lipinski definition) is 0. The molecule has 0 bridgehead atoms. The lowest BCUT2D eigenvalue weighted by Crippen LogP contribution is -2.27. The predicted octanol–water partition coefficient (Wildman–Crippen LogP) is 1.82. The van der Waals surface area contributed by atoms with Crippen LogP contribution in [-0.4, -0.2) is 49.5 Å². The molecule has 10 heteroatoms. The Labute approximate surface area is 158 Å². The fraction of sp³-hybridized carbons (Fsp3) is 0.471. The van der Waals surface area contributed by atoms with Gasteiger partial charge in [0.15, 0.2) is 9.84 Å². The number of benzene rings is 1. The first-order valence-corrected chi connectivity index (χ1v) is 11.7. The van der Waals surface area contributed by atoms with Crippen LogP contribution in [0.1, 0.15) is 29.4 Å². The molecule has 0 unspecified atom stereocenters. The Bertz CT molecular complexity index is 1080. The van der Waals surface area contributed by atoms with E-state index in [0.717, 1.165) is 16.1 Å². The maximum atomic E-state index is 13.9. The van der Waals surface area contributed by atoms with Gasteiger partial charge < -0.3 is 0 Å². The standard InChI is InChI=1S/C17H22FN3O4S2/c1-12-15(13(2)21(19-12)14-8-9-26(22,23)11-14)10-20(3)27(24,25)17-7-5-4-6-16(17)18/h4-7,14H,8-11H2,1-3H3/t14-/m0/s1. The second kappa shape index (κ2) is 6.99. The fourth-order valence-electron chi connectivity index (χ4n) is 3.38. The van der Waals surface area contributed by atoms with Gasteiger partial charge in [0.1, 0.15) is 10.7 Å². The van der Waals surface area contributed by atoms with Gasteiger partial charge in [-0.05, 0) is 32.4 Å². The van der Waals surface area contributed by atoms with Crippen LogP contribution in [-0.2, 0) is 26.4 Å². The van der Waals surface area contributed by atoms with Gasteiger partial charge in [-0.2, -0.15) is 9.40 Å². The van der Waals surface area contributed by atoms with Crippen LogP contribution >= 0.6 is 0 Å². The topological polar surface area (TPSA) is 89.3 Å². The Kier molecular flexibility index (Phi) is 5.17. The van der Waals surface area contributed by atoms with Gasteiger partial charge in [-0.25, -0.2) is 21.2 Å². The van der Waals surface area contributed by atoms with Gasteiger partial charge in [0.25, 0.3) is 0 Å². The van der Waals surface area contributed by atoms with Gasteiger partial charge in [-0.15, -0.1) is 0 Å². The Morgan fingerprint density at radius 2 is 1.96 bits per heavy atom. The lowest BCUT2D eigenvalue weighted by atomic mass is 10.2. The highest BCUT2D eigenvalue weighted by molar-refractivity contribution is 7.91. The van der Waals surface area contributed by atoms with Crippen LogP contribution in [0.25, 0.3) is 0 Å². The molecule has 2 heterocycles. The first kappa shape index (κ1) is 20.0. The minimum atomic E-state index is -4.00. The van der Waals surface area contributed by atoms with Crippen LogP contribution in [0.5, 0.6) is 0 Å². The summed E-state index contributed by atoms with van der Waals surface area (Å²) < 4.78 is 65.6. The molecule has 2 aromatic rings. The zero-order chi connectivity index (χ0) is 20.0. The molecule has 1 aliphatic heterocycles. The van der Waals surface area contributed by atoms with Crippen LogP contribution in [0.2, 0.25) is 0 Å². The zero-order valence-electron chi connectivity index (χ0n) is 15.4. The summed E-state index contributed by atoms with van der Waals surface area (Å²) >= 11 is 0. The van der Waals surface area contributed by atoms with Crippen molar-refractivity contribution in [2.75, 3.05) is 18.6 Å². The molecule has 1 fully saturated rings. The van der Waals surface area contributed by atoms with E-state index < -0.39 is 25.7 Å². The lowest BCUT2D eigenvalue weighted by Gasteiger charge is -2.18. The summed E-state index contributed by atoms with van der Waals surface area (Å²) in [7, 11) is -5.68. The van der Waals surface area contributed by atoms with Crippen molar-refractivity contribution in [3.8, 4) is 0 Å². The van der Waals surface area contributed by atoms with E-state index in [2.05, 4.69) is 5.10 Å². The number of hydrogen-bond acceptors (Lipinski definition) is 5. The molecule has 148 valence electrons. The van der Waals surface area contributed by atoms with E-state index in [1.165, 1.54) is 25.2 Å². The van der Waals surface area contributed by atoms with Crippen molar-refractivity contribution in [2.24, 2.45) is 0 Å². The summed E-state index contributed by atoms with van der Waals surface area (Å²) in [4.78, 5) is -0.378. The molecule has 0 radical (unpaired) electrons. The smallest absolute Gasteiger partial charge is 0.246 e. The molecule has 7 nitrogen and oxygen atoms in total. The highest BCUT2D eigenvalue weighted by atomic mass is 32.2. The van der Waals surface area contributed by atoms with Gasteiger partial charge in [0.2, 0.25) is 10.0 Å². The fourth-order valence-corrected chi connectivity index (χ4v) is 6.27. The van der Waals surface area contributed by atoms with Gasteiger partial charge >= 0.3 is 0 Å². The summed E-state index contributed by atoms with van der Waals surface area (Å²) in [6.07, 6.45) is 0.493. The Morgan fingerprint density at radius 3 is 2.56 bits per heavy atom. The molecule has 0 spiro atoms. The van der Waals surface area contributed by atoms with E-state index in [9.17, 15) is 21.2 Å². The average Bonchev–Trinajstić information content (AvgIpc) is 3.08. The molecular formula is C17H22FN3O4S2. The third-order valence-corrected chi connectivity index (χ3v) is 8.52. The molecule has 1 aromatic heterocycles. The Morgan fingerprint density at radius 1 is 1.30 bits per heavy atom. The minimum absolute atomic E-state index is 0.0216. The SMILES string of the molecule is Cc1nn([C@H]2CCS(=O)(=O)C2)c(C)c1CN(C)S(=O)(=O)c1ccccc1F. The molecule has 1 aromatic carbocycles. The van der Waals surface area contributed by atoms with Gasteiger partial charge in [0, 0.05) is 24.8 Å². The van der Waals surface area contributed by atoms with E-state index in [4.69, 9.17) is 0 Å². The zero-order valence-corrected chi connectivity index (χ0v) is 17.0. The first-order chi connectivity index (χ1) is 12.5. The van der Waals surface area contributed by atoms with Crippen LogP contribution < -0.4 is 0 Å². The molecule has 1 aliphatic rings. The molecule has 1 saturated heterocycles. The average molecular weight is 416 g/mol. The molecule has 0 N–H and O–H groups in total. The monoisotopic (exact) mass is 415 g/mol. The van der Waals surface area contributed by atoms with E-state index in [-0.39, 0.29) is 29.0 Å². The molecule has 0 saturated carbocycles. The molecule has 27 heavy (non-hydrogen) atoms. The van der Waals surface area contributed by atoms with Crippen LogP contribution in [0.15, 0.2) is 29.2 Å². The Hall–Kier alpha value is -1.78. The third-order valence-electron chi connectivity index (χ3n) is 4.93. The summed E-state index contributed by atoms with van der Waals surface area (Å²) in [5.41, 5.74) is 2.05. The first-order valence-electron chi connectivity index (χ1n) is 8.49. The summed E-state index contributed by atoms with van der Waals surface area (Å²) in [5, 5.41) is 4.44. The highest BCUT2D eigenvalue weighted by Gasteiger charge is 2.32. The van der Waals surface area contributed by atoms with Gasteiger partial charge in [0.05, 0.1) is 23.2 Å². The third kappa shape index (κ3) is 3.78. The molecule has 1 atom stereocenters. The van der Waals surface area contributed by atoms with Crippen molar-refractivity contribution in [1.82, 2.24) is 14.1 Å². The molecule has 0 amide bonds. The number of sulfone groups is 1. The van der Waals surface area contributed by atoms with E-state index in [0.29, 0.717) is 17.7 Å². The number of sulfonamides is 1. The number of halogens is 1. The van der Waals surface area contributed by atoms with E-state index >= 15 is 0 Å². The predicted molar refractivity (Wildman–Crippen MR) is 99.1 cm³/mol. The number of aryl methyl sites for hydroxylation is 1. The summed E-state index contributed by atoms with van der Waals surface area (Å²) in [5.74, 6) is -0.630. The maximum Gasteiger partial charge on any atom is 0.246 e. The maximum absolute atomic E-state index is 13.9. The number of nitrogens with zero attached hydrogens (tertiary/aromatic N) is 3. The molecular weight excluding hydrogens is 393 g/mol. The normalized spacial score (nSPS) is 19.7. The van der Waals surface area contributed by atoms with Crippen molar-refractivity contribution >= 4 is 19.9 Å². The van der Waals surface area contributed by atoms with Crippen LogP contribution in [0.3, 0.4) is 0 Å². The van der Waals surface area contributed by atoms with Crippen molar-refractivity contribution in [3.63, 3.8) is 0 Å². The largest absolute Gasteiger partial charge is 0.265 e. The van der Waals surface area contributed by atoms with Crippen molar-refractivity contribution in [1.29, 1.82) is 0 Å². The Balaban J connectivity index is 1.89. The highest BCUT2D eigenvalue weighted by Crippen LogP contribution is 2.28. The minimum Gasteiger partial charge on any atom is -0.265 e. The molecule has 0 aliphatic carbocycles. The lowest BCUT2D eigenvalue weighted by molar-refractivity contribution is 0.456. The molecule has 3 rings (SSSR count). The summed E-state index contributed by atoms with van der Waals surface area (Å²) in [6.45, 7) is 3.57. The quantitative estimate of drug-likeness (QED) is 0.743. The number of rotatable bonds is 5. The summed E-state index contributed by atoms with van der Waals surface area (Å²) in [6, 6.07) is 5.00. The van der Waals surface area contributed by atoms with Crippen molar-refractivity contribution < 1.29 is 21.2 Å². The van der Waals surface area contributed by atoms with Crippen LogP contribution in [0, 0.1) is 19.7 Å². The van der Waals surface area contributed by atoms with Gasteiger partial charge in [-0.1, -0.05) is 12.1 Å². The number of aromatic nitrogens is 2.